The van der Waals surface area contributed by atoms with E-state index < -0.39 is 19.7 Å². The van der Waals surface area contributed by atoms with E-state index in [-0.39, 0.29) is 33.8 Å². The molecule has 0 saturated heterocycles. The highest BCUT2D eigenvalue weighted by molar-refractivity contribution is 7.91. The van der Waals surface area contributed by atoms with Crippen LogP contribution < -0.4 is 11.1 Å². The molecule has 1 aliphatic rings. The first kappa shape index (κ1) is 15.8. The van der Waals surface area contributed by atoms with Crippen LogP contribution in [0, 0.1) is 0 Å². The second kappa shape index (κ2) is 5.30. The first-order valence-corrected chi connectivity index (χ1v) is 9.96. The van der Waals surface area contributed by atoms with Crippen molar-refractivity contribution in [2.75, 3.05) is 25.6 Å². The van der Waals surface area contributed by atoms with Crippen molar-refractivity contribution in [3.8, 4) is 0 Å². The summed E-state index contributed by atoms with van der Waals surface area (Å²) in [6.07, 6.45) is 2.12. The van der Waals surface area contributed by atoms with Crippen molar-refractivity contribution in [3.63, 3.8) is 0 Å². The molecule has 1 aliphatic heterocycles. The Labute approximate surface area is 124 Å². The molecule has 0 spiro atoms. The molecule has 0 bridgehead atoms. The average molecular weight is 331 g/mol. The quantitative estimate of drug-likeness (QED) is 0.770. The van der Waals surface area contributed by atoms with E-state index in [1.165, 1.54) is 18.2 Å². The molecule has 21 heavy (non-hydrogen) atoms. The Morgan fingerprint density at radius 3 is 2.05 bits per heavy atom. The number of sulfone groups is 2. The van der Waals surface area contributed by atoms with Gasteiger partial charge in [-0.25, -0.2) is 16.8 Å². The summed E-state index contributed by atoms with van der Waals surface area (Å²) in [4.78, 5) is 4.07. The Morgan fingerprint density at radius 1 is 1.14 bits per heavy atom. The van der Waals surface area contributed by atoms with E-state index in [1.807, 2.05) is 0 Å². The van der Waals surface area contributed by atoms with Gasteiger partial charge in [0, 0.05) is 25.0 Å². The van der Waals surface area contributed by atoms with Crippen molar-refractivity contribution in [2.24, 2.45) is 10.7 Å². The van der Waals surface area contributed by atoms with Crippen LogP contribution in [0.15, 0.2) is 33.0 Å². The van der Waals surface area contributed by atoms with Crippen LogP contribution in [0.4, 0.5) is 0 Å². The molecule has 3 N–H and O–H groups in total. The van der Waals surface area contributed by atoms with Gasteiger partial charge in [-0.15, -0.1) is 0 Å². The lowest BCUT2D eigenvalue weighted by molar-refractivity contribution is 0.579. The smallest absolute Gasteiger partial charge is 0.188 e. The SMILES string of the molecule is CS(=O)(=O)c1cccc(S(C)(=O)=O)c1C1CN=C(N)NC1. The summed E-state index contributed by atoms with van der Waals surface area (Å²) in [5.41, 5.74) is 5.81. The van der Waals surface area contributed by atoms with E-state index in [1.54, 1.807) is 0 Å². The lowest BCUT2D eigenvalue weighted by atomic mass is 9.98. The summed E-state index contributed by atoms with van der Waals surface area (Å²) >= 11 is 0. The number of hydrogen-bond acceptors (Lipinski definition) is 7. The summed E-state index contributed by atoms with van der Waals surface area (Å²) in [7, 11) is -7.10. The second-order valence-electron chi connectivity index (χ2n) is 5.02. The Kier molecular flexibility index (Phi) is 3.98. The highest BCUT2D eigenvalue weighted by Crippen LogP contribution is 2.31. The number of hydrogen-bond donors (Lipinski definition) is 2. The van der Waals surface area contributed by atoms with Gasteiger partial charge in [-0.05, 0) is 17.7 Å². The van der Waals surface area contributed by atoms with E-state index in [2.05, 4.69) is 10.3 Å². The highest BCUT2D eigenvalue weighted by atomic mass is 32.2. The van der Waals surface area contributed by atoms with Crippen molar-refractivity contribution in [1.82, 2.24) is 5.32 Å². The van der Waals surface area contributed by atoms with Gasteiger partial charge in [0.05, 0.1) is 16.3 Å². The van der Waals surface area contributed by atoms with Crippen molar-refractivity contribution in [2.45, 2.75) is 15.7 Å². The maximum Gasteiger partial charge on any atom is 0.188 e. The molecule has 1 aromatic rings. The Morgan fingerprint density at radius 2 is 1.67 bits per heavy atom. The first-order valence-electron chi connectivity index (χ1n) is 6.17. The Hall–Kier alpha value is -1.61. The number of guanidine groups is 1. The van der Waals surface area contributed by atoms with Gasteiger partial charge < -0.3 is 11.1 Å². The van der Waals surface area contributed by atoms with Crippen LogP contribution in [0.1, 0.15) is 11.5 Å². The topological polar surface area (TPSA) is 119 Å². The minimum absolute atomic E-state index is 0.0212. The fourth-order valence-corrected chi connectivity index (χ4v) is 4.39. The Balaban J connectivity index is 2.71. The van der Waals surface area contributed by atoms with Crippen LogP contribution in [0.2, 0.25) is 0 Å². The summed E-state index contributed by atoms with van der Waals surface area (Å²) in [5, 5.41) is 2.83. The van der Waals surface area contributed by atoms with Gasteiger partial charge in [0.15, 0.2) is 25.6 Å². The van der Waals surface area contributed by atoms with E-state index in [0.717, 1.165) is 12.5 Å². The summed E-state index contributed by atoms with van der Waals surface area (Å²) < 4.78 is 47.9. The zero-order chi connectivity index (χ0) is 15.8. The molecule has 2 rings (SSSR count). The first-order chi connectivity index (χ1) is 9.60. The zero-order valence-corrected chi connectivity index (χ0v) is 13.3. The van der Waals surface area contributed by atoms with Crippen LogP contribution in [0.5, 0.6) is 0 Å². The monoisotopic (exact) mass is 331 g/mol. The number of nitrogens with one attached hydrogen (secondary N) is 1. The van der Waals surface area contributed by atoms with Gasteiger partial charge in [0.25, 0.3) is 0 Å². The van der Waals surface area contributed by atoms with Crippen LogP contribution in [0.25, 0.3) is 0 Å². The standard InChI is InChI=1S/C12H17N3O4S2/c1-20(16,17)9-4-3-5-10(21(2,18)19)11(9)8-6-14-12(13)15-7-8/h3-5,8H,6-7H2,1-2H3,(H3,13,14,15). The van der Waals surface area contributed by atoms with Gasteiger partial charge in [-0.3, -0.25) is 4.99 Å². The molecule has 9 heteroatoms. The van der Waals surface area contributed by atoms with Gasteiger partial charge in [0.2, 0.25) is 0 Å². The number of rotatable bonds is 3. The lowest BCUT2D eigenvalue weighted by Gasteiger charge is -2.25. The van der Waals surface area contributed by atoms with Crippen molar-refractivity contribution in [1.29, 1.82) is 0 Å². The number of aliphatic imine (C=N–C) groups is 1. The third kappa shape index (κ3) is 3.35. The molecule has 0 radical (unpaired) electrons. The van der Waals surface area contributed by atoms with Crippen molar-refractivity contribution in [3.05, 3.63) is 23.8 Å². The van der Waals surface area contributed by atoms with Gasteiger partial charge >= 0.3 is 0 Å². The summed E-state index contributed by atoms with van der Waals surface area (Å²) in [5.74, 6) is -0.100. The fraction of sp³-hybridized carbons (Fsp3) is 0.417. The van der Waals surface area contributed by atoms with Gasteiger partial charge in [0.1, 0.15) is 0 Å². The second-order valence-corrected chi connectivity index (χ2v) is 8.98. The minimum Gasteiger partial charge on any atom is -0.370 e. The molecule has 1 heterocycles. The predicted molar refractivity (Wildman–Crippen MR) is 79.9 cm³/mol. The number of benzene rings is 1. The molecular weight excluding hydrogens is 314 g/mol. The molecule has 0 aliphatic carbocycles. The average Bonchev–Trinajstić information content (AvgIpc) is 2.37. The summed E-state index contributed by atoms with van der Waals surface area (Å²) in [6, 6.07) is 4.27. The highest BCUT2D eigenvalue weighted by Gasteiger charge is 2.28. The molecule has 0 saturated carbocycles. The largest absolute Gasteiger partial charge is 0.370 e. The molecule has 116 valence electrons. The molecule has 0 fully saturated rings. The maximum absolute atomic E-state index is 12.0. The minimum atomic E-state index is -3.55. The Bertz CT molecular complexity index is 748. The normalized spacial score (nSPS) is 19.7. The maximum atomic E-state index is 12.0. The van der Waals surface area contributed by atoms with Crippen molar-refractivity contribution >= 4 is 25.6 Å². The predicted octanol–water partition coefficient (Wildman–Crippen LogP) is -0.505. The lowest BCUT2D eigenvalue weighted by Crippen LogP contribution is -2.40. The van der Waals surface area contributed by atoms with E-state index in [0.29, 0.717) is 6.54 Å². The summed E-state index contributed by atoms with van der Waals surface area (Å²) in [6.45, 7) is 0.582. The zero-order valence-electron chi connectivity index (χ0n) is 11.7. The van der Waals surface area contributed by atoms with Gasteiger partial charge in [-0.2, -0.15) is 0 Å². The van der Waals surface area contributed by atoms with Crippen LogP contribution in [0.3, 0.4) is 0 Å². The van der Waals surface area contributed by atoms with Gasteiger partial charge in [-0.1, -0.05) is 6.07 Å². The van der Waals surface area contributed by atoms with Crippen molar-refractivity contribution < 1.29 is 16.8 Å². The molecule has 1 atom stereocenters. The third-order valence-electron chi connectivity index (χ3n) is 3.24. The van der Waals surface area contributed by atoms with E-state index >= 15 is 0 Å². The number of nitrogens with zero attached hydrogens (tertiary/aromatic N) is 1. The molecule has 7 nitrogen and oxygen atoms in total. The van der Waals surface area contributed by atoms with Crippen LogP contribution >= 0.6 is 0 Å². The molecule has 0 amide bonds. The van der Waals surface area contributed by atoms with E-state index in [4.69, 9.17) is 5.73 Å². The number of nitrogens with two attached hydrogens (primary N) is 1. The van der Waals surface area contributed by atoms with Crippen LogP contribution in [-0.4, -0.2) is 48.4 Å². The molecule has 1 unspecified atom stereocenters. The fourth-order valence-electron chi connectivity index (χ4n) is 2.32. The molecule has 0 aromatic heterocycles. The molecule has 1 aromatic carbocycles. The third-order valence-corrected chi connectivity index (χ3v) is 5.55. The molecular formula is C12H17N3O4S2. The van der Waals surface area contributed by atoms with E-state index in [9.17, 15) is 16.8 Å². The van der Waals surface area contributed by atoms with Crippen LogP contribution in [-0.2, 0) is 19.7 Å².